The first-order chi connectivity index (χ1) is 15.0. The zero-order valence-electron chi connectivity index (χ0n) is 16.7. The Morgan fingerprint density at radius 1 is 1.19 bits per heavy atom. The number of nitriles is 1. The summed E-state index contributed by atoms with van der Waals surface area (Å²) in [7, 11) is 0. The second kappa shape index (κ2) is 8.51. The third-order valence-corrected chi connectivity index (χ3v) is 4.75. The fraction of sp³-hybridized carbons (Fsp3) is 0.0833. The van der Waals surface area contributed by atoms with Crippen LogP contribution in [-0.2, 0) is 6.61 Å². The highest BCUT2D eigenvalue weighted by Crippen LogP contribution is 2.26. The number of H-pyrrole nitrogens is 1. The van der Waals surface area contributed by atoms with E-state index in [9.17, 15) is 15.4 Å². The summed E-state index contributed by atoms with van der Waals surface area (Å²) in [6.07, 6.45) is 1.72. The number of nitrogens with zero attached hydrogens (tertiary/aromatic N) is 3. The Balaban J connectivity index is 1.62. The van der Waals surface area contributed by atoms with Crippen molar-refractivity contribution in [2.75, 3.05) is 0 Å². The van der Waals surface area contributed by atoms with Crippen LogP contribution in [0.25, 0.3) is 22.7 Å². The summed E-state index contributed by atoms with van der Waals surface area (Å²) in [6, 6.07) is 21.7. The normalized spacial score (nSPS) is 11.3. The highest BCUT2D eigenvalue weighted by Gasteiger charge is 2.11. The van der Waals surface area contributed by atoms with E-state index < -0.39 is 4.92 Å². The number of aromatic amines is 1. The molecule has 0 spiro atoms. The van der Waals surface area contributed by atoms with Crippen LogP contribution < -0.4 is 4.74 Å². The fourth-order valence-corrected chi connectivity index (χ4v) is 3.21. The van der Waals surface area contributed by atoms with E-state index in [-0.39, 0.29) is 12.3 Å². The lowest BCUT2D eigenvalue weighted by Crippen LogP contribution is -1.98. The molecule has 31 heavy (non-hydrogen) atoms. The van der Waals surface area contributed by atoms with Gasteiger partial charge in [-0.15, -0.1) is 0 Å². The summed E-state index contributed by atoms with van der Waals surface area (Å²) in [4.78, 5) is 18.2. The molecule has 7 heteroatoms. The number of nitrogens with one attached hydrogen (secondary N) is 1. The molecule has 152 valence electrons. The number of benzene rings is 3. The van der Waals surface area contributed by atoms with Crippen LogP contribution in [0.4, 0.5) is 5.69 Å². The highest BCUT2D eigenvalue weighted by atomic mass is 16.6. The van der Waals surface area contributed by atoms with Gasteiger partial charge in [0, 0.05) is 17.7 Å². The zero-order chi connectivity index (χ0) is 21.8. The van der Waals surface area contributed by atoms with E-state index in [0.717, 1.165) is 16.6 Å². The van der Waals surface area contributed by atoms with Gasteiger partial charge in [-0.2, -0.15) is 5.26 Å². The molecule has 4 aromatic rings. The molecule has 0 bridgehead atoms. The summed E-state index contributed by atoms with van der Waals surface area (Å²) in [5, 5.41) is 20.7. The van der Waals surface area contributed by atoms with Crippen LogP contribution in [0.3, 0.4) is 0 Å². The number of allylic oxidation sites excluding steroid dienone is 1. The Labute approximate surface area is 178 Å². The molecule has 0 unspecified atom stereocenters. The Kier molecular flexibility index (Phi) is 5.45. The van der Waals surface area contributed by atoms with E-state index >= 15 is 0 Å². The number of nitro groups is 1. The number of rotatable bonds is 6. The van der Waals surface area contributed by atoms with Crippen LogP contribution in [0.5, 0.6) is 5.75 Å². The lowest BCUT2D eigenvalue weighted by Gasteiger charge is -2.09. The molecule has 0 atom stereocenters. The van der Waals surface area contributed by atoms with Crippen molar-refractivity contribution in [3.05, 3.63) is 99.4 Å². The molecule has 4 rings (SSSR count). The van der Waals surface area contributed by atoms with E-state index in [2.05, 4.69) is 16.0 Å². The number of fused-ring (bicyclic) bond motifs is 1. The predicted molar refractivity (Wildman–Crippen MR) is 118 cm³/mol. The summed E-state index contributed by atoms with van der Waals surface area (Å²) in [6.45, 7) is 2.16. The molecule has 0 saturated carbocycles. The molecule has 0 aliphatic carbocycles. The number of hydrogen-bond donors (Lipinski definition) is 1. The smallest absolute Gasteiger partial charge is 0.269 e. The molecule has 0 aliphatic heterocycles. The van der Waals surface area contributed by atoms with Crippen molar-refractivity contribution < 1.29 is 9.66 Å². The molecule has 0 aliphatic rings. The lowest BCUT2D eigenvalue weighted by molar-refractivity contribution is -0.384. The van der Waals surface area contributed by atoms with Crippen LogP contribution in [0.1, 0.15) is 22.5 Å². The molecular formula is C24H18N4O3. The van der Waals surface area contributed by atoms with Crippen LogP contribution in [0.15, 0.2) is 66.7 Å². The van der Waals surface area contributed by atoms with Crippen molar-refractivity contribution in [2.45, 2.75) is 13.5 Å². The average molecular weight is 410 g/mol. The maximum atomic E-state index is 11.0. The largest absolute Gasteiger partial charge is 0.488 e. The molecule has 0 saturated heterocycles. The SMILES string of the molecule is Cc1ccc2nc(/C(C#N)=C\c3ccccc3OCc3cccc([N+](=O)[O-])c3)[nH]c2c1. The number of aromatic nitrogens is 2. The Morgan fingerprint density at radius 3 is 2.84 bits per heavy atom. The van der Waals surface area contributed by atoms with E-state index in [4.69, 9.17) is 4.74 Å². The Morgan fingerprint density at radius 2 is 2.03 bits per heavy atom. The number of hydrogen-bond acceptors (Lipinski definition) is 5. The summed E-state index contributed by atoms with van der Waals surface area (Å²) >= 11 is 0. The van der Waals surface area contributed by atoms with E-state index in [1.165, 1.54) is 12.1 Å². The molecule has 1 N–H and O–H groups in total. The lowest BCUT2D eigenvalue weighted by atomic mass is 10.1. The van der Waals surface area contributed by atoms with E-state index in [1.54, 1.807) is 24.3 Å². The first-order valence-corrected chi connectivity index (χ1v) is 9.57. The van der Waals surface area contributed by atoms with Crippen LogP contribution >= 0.6 is 0 Å². The quantitative estimate of drug-likeness (QED) is 0.259. The molecule has 1 heterocycles. The predicted octanol–water partition coefficient (Wildman–Crippen LogP) is 5.42. The number of para-hydroxylation sites is 1. The number of non-ortho nitro benzene ring substituents is 1. The van der Waals surface area contributed by atoms with Gasteiger partial charge in [0.2, 0.25) is 0 Å². The van der Waals surface area contributed by atoms with Crippen molar-refractivity contribution in [3.63, 3.8) is 0 Å². The van der Waals surface area contributed by atoms with Crippen molar-refractivity contribution in [2.24, 2.45) is 0 Å². The van der Waals surface area contributed by atoms with E-state index in [1.807, 2.05) is 43.3 Å². The molecule has 0 amide bonds. The highest BCUT2D eigenvalue weighted by molar-refractivity contribution is 5.91. The first-order valence-electron chi connectivity index (χ1n) is 9.57. The second-order valence-corrected chi connectivity index (χ2v) is 7.03. The third-order valence-electron chi connectivity index (χ3n) is 4.75. The van der Waals surface area contributed by atoms with Gasteiger partial charge in [-0.25, -0.2) is 4.98 Å². The van der Waals surface area contributed by atoms with Crippen molar-refractivity contribution >= 4 is 28.4 Å². The molecule has 7 nitrogen and oxygen atoms in total. The summed E-state index contributed by atoms with van der Waals surface area (Å²) in [5.41, 5.74) is 4.54. The summed E-state index contributed by atoms with van der Waals surface area (Å²) < 4.78 is 5.91. The fourth-order valence-electron chi connectivity index (χ4n) is 3.21. The Bertz CT molecular complexity index is 1350. The third kappa shape index (κ3) is 4.43. The minimum atomic E-state index is -0.436. The maximum absolute atomic E-state index is 11.0. The van der Waals surface area contributed by atoms with Gasteiger partial charge >= 0.3 is 0 Å². The maximum Gasteiger partial charge on any atom is 0.269 e. The Hall–Kier alpha value is -4.44. The van der Waals surface area contributed by atoms with Gasteiger partial charge in [0.05, 0.1) is 21.5 Å². The number of aryl methyl sites for hydroxylation is 1. The van der Waals surface area contributed by atoms with Gasteiger partial charge in [0.25, 0.3) is 5.69 Å². The second-order valence-electron chi connectivity index (χ2n) is 7.03. The first kappa shape index (κ1) is 19.9. The molecule has 3 aromatic carbocycles. The molecule has 0 fully saturated rings. The summed E-state index contributed by atoms with van der Waals surface area (Å²) in [5.74, 6) is 1.05. The van der Waals surface area contributed by atoms with Crippen molar-refractivity contribution in [1.82, 2.24) is 9.97 Å². The van der Waals surface area contributed by atoms with Gasteiger partial charge in [-0.1, -0.05) is 36.4 Å². The number of imidazole rings is 1. The zero-order valence-corrected chi connectivity index (χ0v) is 16.7. The molecular weight excluding hydrogens is 392 g/mol. The van der Waals surface area contributed by atoms with Gasteiger partial charge in [0.1, 0.15) is 24.3 Å². The standard InChI is InChI=1S/C24H18N4O3/c1-16-9-10-21-22(11-16)27-24(26-21)19(14-25)13-18-6-2-3-8-23(18)31-15-17-5-4-7-20(12-17)28(29)30/h2-13H,15H2,1H3,(H,26,27)/b19-13-. The van der Waals surface area contributed by atoms with Gasteiger partial charge in [-0.3, -0.25) is 10.1 Å². The molecule has 1 aromatic heterocycles. The van der Waals surface area contributed by atoms with Gasteiger partial charge < -0.3 is 9.72 Å². The number of ether oxygens (including phenoxy) is 1. The van der Waals surface area contributed by atoms with Gasteiger partial charge in [-0.05, 0) is 42.3 Å². The topological polar surface area (TPSA) is 105 Å². The van der Waals surface area contributed by atoms with Crippen LogP contribution in [0, 0.1) is 28.4 Å². The number of nitro benzene ring substituents is 1. The van der Waals surface area contributed by atoms with Crippen molar-refractivity contribution in [3.8, 4) is 11.8 Å². The minimum absolute atomic E-state index is 0.0150. The van der Waals surface area contributed by atoms with Crippen LogP contribution in [0.2, 0.25) is 0 Å². The van der Waals surface area contributed by atoms with Gasteiger partial charge in [0.15, 0.2) is 0 Å². The van der Waals surface area contributed by atoms with E-state index in [0.29, 0.717) is 28.3 Å². The van der Waals surface area contributed by atoms with Crippen molar-refractivity contribution in [1.29, 1.82) is 5.26 Å². The minimum Gasteiger partial charge on any atom is -0.488 e. The molecule has 0 radical (unpaired) electrons. The average Bonchev–Trinajstić information content (AvgIpc) is 3.19. The van der Waals surface area contributed by atoms with Crippen LogP contribution in [-0.4, -0.2) is 14.9 Å². The monoisotopic (exact) mass is 410 g/mol.